The number of ether oxygens (including phenoxy) is 1. The molecule has 4 rings (SSSR count). The van der Waals surface area contributed by atoms with Crippen molar-refractivity contribution in [1.82, 2.24) is 19.6 Å². The highest BCUT2D eigenvalue weighted by Gasteiger charge is 2.30. The molecule has 0 saturated carbocycles. The van der Waals surface area contributed by atoms with Crippen LogP contribution in [-0.2, 0) is 11.2 Å². The molecule has 0 aromatic carbocycles. The minimum Gasteiger partial charge on any atom is -0.461 e. The minimum absolute atomic E-state index is 0.0412. The number of imidazole rings is 1. The van der Waals surface area contributed by atoms with Crippen LogP contribution in [0.1, 0.15) is 54.0 Å². The van der Waals surface area contributed by atoms with Crippen molar-refractivity contribution < 1.29 is 13.9 Å². The second kappa shape index (κ2) is 8.74. The second-order valence-electron chi connectivity index (χ2n) is 7.26. The Hall–Kier alpha value is -3.07. The van der Waals surface area contributed by atoms with E-state index >= 15 is 0 Å². The van der Waals surface area contributed by atoms with Gasteiger partial charge in [0.15, 0.2) is 11.3 Å². The molecular weight excluding hydrogens is 387 g/mol. The van der Waals surface area contributed by atoms with E-state index in [0.717, 1.165) is 37.1 Å². The summed E-state index contributed by atoms with van der Waals surface area (Å²) in [5.41, 5.74) is 8.25. The van der Waals surface area contributed by atoms with Crippen molar-refractivity contribution in [3.05, 3.63) is 53.4 Å². The van der Waals surface area contributed by atoms with Crippen LogP contribution in [0.4, 0.5) is 10.2 Å². The van der Waals surface area contributed by atoms with Gasteiger partial charge in [0.25, 0.3) is 0 Å². The van der Waals surface area contributed by atoms with E-state index < -0.39 is 5.97 Å². The van der Waals surface area contributed by atoms with E-state index in [-0.39, 0.29) is 24.2 Å². The van der Waals surface area contributed by atoms with Crippen LogP contribution in [0.2, 0.25) is 0 Å². The van der Waals surface area contributed by atoms with E-state index in [2.05, 4.69) is 20.0 Å². The maximum atomic E-state index is 14.0. The molecule has 1 atom stereocenters. The van der Waals surface area contributed by atoms with Crippen LogP contribution in [0.15, 0.2) is 30.6 Å². The maximum Gasteiger partial charge on any atom is 0.358 e. The predicted octanol–water partition coefficient (Wildman–Crippen LogP) is 2.67. The number of nitrogens with zero attached hydrogens (tertiary/aromatic N) is 5. The molecule has 3 aromatic heterocycles. The molecule has 0 bridgehead atoms. The molecule has 1 aliphatic heterocycles. The van der Waals surface area contributed by atoms with E-state index in [1.807, 2.05) is 12.1 Å². The smallest absolute Gasteiger partial charge is 0.358 e. The van der Waals surface area contributed by atoms with Gasteiger partial charge in [-0.1, -0.05) is 0 Å². The monoisotopic (exact) mass is 412 g/mol. The Kier molecular flexibility index (Phi) is 5.89. The third-order valence-corrected chi connectivity index (χ3v) is 5.33. The molecule has 1 fully saturated rings. The van der Waals surface area contributed by atoms with Crippen molar-refractivity contribution in [1.29, 1.82) is 0 Å². The van der Waals surface area contributed by atoms with Crippen molar-refractivity contribution in [3.63, 3.8) is 0 Å². The molecule has 1 saturated heterocycles. The standard InChI is InChI=1S/C21H25FN6O2/c1-2-30-21(29)18-13-25-19-7-8-20(26-28(18)19)27-10-4-6-17(27)15-11-14(22)12-24-16(15)5-3-9-23/h7-8,11-13,17H,2-6,9-10,23H2,1H3. The van der Waals surface area contributed by atoms with Crippen LogP contribution >= 0.6 is 0 Å². The van der Waals surface area contributed by atoms with Gasteiger partial charge in [-0.25, -0.2) is 18.7 Å². The number of rotatable bonds is 7. The zero-order valence-electron chi connectivity index (χ0n) is 16.9. The normalized spacial score (nSPS) is 16.4. The molecule has 9 heteroatoms. The molecule has 4 heterocycles. The first-order chi connectivity index (χ1) is 14.6. The lowest BCUT2D eigenvalue weighted by molar-refractivity contribution is 0.0516. The molecule has 30 heavy (non-hydrogen) atoms. The number of hydrogen-bond acceptors (Lipinski definition) is 7. The summed E-state index contributed by atoms with van der Waals surface area (Å²) in [6, 6.07) is 5.23. The van der Waals surface area contributed by atoms with E-state index in [1.54, 1.807) is 13.0 Å². The highest BCUT2D eigenvalue weighted by molar-refractivity contribution is 5.88. The summed E-state index contributed by atoms with van der Waals surface area (Å²) in [7, 11) is 0. The maximum absolute atomic E-state index is 14.0. The van der Waals surface area contributed by atoms with E-state index in [9.17, 15) is 9.18 Å². The SMILES string of the molecule is CCOC(=O)c1cnc2ccc(N3CCCC3c3cc(F)cnc3CCCN)nn12. The number of aromatic nitrogens is 4. The summed E-state index contributed by atoms with van der Waals surface area (Å²) < 4.78 is 20.7. The van der Waals surface area contributed by atoms with Gasteiger partial charge < -0.3 is 15.4 Å². The summed E-state index contributed by atoms with van der Waals surface area (Å²) in [6.45, 7) is 3.37. The number of carbonyl (C=O) groups excluding carboxylic acids is 1. The fourth-order valence-corrected chi connectivity index (χ4v) is 3.98. The first-order valence-electron chi connectivity index (χ1n) is 10.2. The summed E-state index contributed by atoms with van der Waals surface area (Å²) in [5, 5.41) is 4.66. The number of carbonyl (C=O) groups is 1. The van der Waals surface area contributed by atoms with Gasteiger partial charge in [0, 0.05) is 12.2 Å². The number of anilines is 1. The zero-order chi connectivity index (χ0) is 21.1. The van der Waals surface area contributed by atoms with Gasteiger partial charge in [0.05, 0.1) is 25.0 Å². The topological polar surface area (TPSA) is 98.6 Å². The summed E-state index contributed by atoms with van der Waals surface area (Å²) >= 11 is 0. The molecule has 0 radical (unpaired) electrons. The van der Waals surface area contributed by atoms with Gasteiger partial charge in [-0.2, -0.15) is 0 Å². The number of fused-ring (bicyclic) bond motifs is 1. The number of aryl methyl sites for hydroxylation is 1. The average Bonchev–Trinajstić information content (AvgIpc) is 3.39. The van der Waals surface area contributed by atoms with Crippen LogP contribution in [0.25, 0.3) is 5.65 Å². The lowest BCUT2D eigenvalue weighted by Gasteiger charge is -2.27. The molecule has 1 aliphatic rings. The molecule has 3 aromatic rings. The van der Waals surface area contributed by atoms with Gasteiger partial charge in [0.1, 0.15) is 11.6 Å². The Balaban J connectivity index is 1.70. The number of hydrogen-bond donors (Lipinski definition) is 1. The molecule has 8 nitrogen and oxygen atoms in total. The molecular formula is C21H25FN6O2. The zero-order valence-corrected chi connectivity index (χ0v) is 16.9. The first kappa shape index (κ1) is 20.2. The van der Waals surface area contributed by atoms with Crippen molar-refractivity contribution in [3.8, 4) is 0 Å². The average molecular weight is 412 g/mol. The van der Waals surface area contributed by atoms with Crippen LogP contribution in [0, 0.1) is 5.82 Å². The van der Waals surface area contributed by atoms with Gasteiger partial charge in [-0.05, 0) is 62.9 Å². The Morgan fingerprint density at radius 3 is 3.00 bits per heavy atom. The van der Waals surface area contributed by atoms with Gasteiger partial charge in [-0.3, -0.25) is 4.98 Å². The quantitative estimate of drug-likeness (QED) is 0.596. The highest BCUT2D eigenvalue weighted by atomic mass is 19.1. The van der Waals surface area contributed by atoms with E-state index in [0.29, 0.717) is 24.4 Å². The fraction of sp³-hybridized carbons (Fsp3) is 0.429. The molecule has 158 valence electrons. The second-order valence-corrected chi connectivity index (χ2v) is 7.26. The summed E-state index contributed by atoms with van der Waals surface area (Å²) in [5.74, 6) is -0.121. The van der Waals surface area contributed by atoms with Crippen molar-refractivity contribution in [2.24, 2.45) is 5.73 Å². The number of halogens is 1. The highest BCUT2D eigenvalue weighted by Crippen LogP contribution is 2.37. The Morgan fingerprint density at radius 1 is 1.33 bits per heavy atom. The molecule has 1 unspecified atom stereocenters. The number of nitrogens with two attached hydrogens (primary N) is 1. The molecule has 2 N–H and O–H groups in total. The Bertz CT molecular complexity index is 1050. The van der Waals surface area contributed by atoms with Gasteiger partial charge >= 0.3 is 5.97 Å². The Labute approximate surface area is 173 Å². The molecule has 0 spiro atoms. The van der Waals surface area contributed by atoms with Crippen LogP contribution in [-0.4, -0.2) is 45.2 Å². The summed E-state index contributed by atoms with van der Waals surface area (Å²) in [6.07, 6.45) is 6.04. The van der Waals surface area contributed by atoms with Crippen molar-refractivity contribution in [2.75, 3.05) is 24.6 Å². The van der Waals surface area contributed by atoms with Crippen LogP contribution in [0.3, 0.4) is 0 Å². The lowest BCUT2D eigenvalue weighted by atomic mass is 10.00. The third-order valence-electron chi connectivity index (χ3n) is 5.33. The molecule has 0 amide bonds. The summed E-state index contributed by atoms with van der Waals surface area (Å²) in [4.78, 5) is 22.9. The van der Waals surface area contributed by atoms with Crippen LogP contribution < -0.4 is 10.6 Å². The van der Waals surface area contributed by atoms with E-state index in [4.69, 9.17) is 10.5 Å². The number of pyridine rings is 1. The van der Waals surface area contributed by atoms with Crippen molar-refractivity contribution in [2.45, 2.75) is 38.6 Å². The minimum atomic E-state index is -0.467. The number of esters is 1. The van der Waals surface area contributed by atoms with Crippen molar-refractivity contribution >= 4 is 17.4 Å². The molecule has 0 aliphatic carbocycles. The largest absolute Gasteiger partial charge is 0.461 e. The Morgan fingerprint density at radius 2 is 2.20 bits per heavy atom. The fourth-order valence-electron chi connectivity index (χ4n) is 3.98. The van der Waals surface area contributed by atoms with Gasteiger partial charge in [0.2, 0.25) is 0 Å². The predicted molar refractivity (Wildman–Crippen MR) is 110 cm³/mol. The first-order valence-corrected chi connectivity index (χ1v) is 10.2. The van der Waals surface area contributed by atoms with Crippen LogP contribution in [0.5, 0.6) is 0 Å². The van der Waals surface area contributed by atoms with Gasteiger partial charge in [-0.15, -0.1) is 5.10 Å². The lowest BCUT2D eigenvalue weighted by Crippen LogP contribution is -2.26. The third kappa shape index (κ3) is 3.85. The van der Waals surface area contributed by atoms with E-state index in [1.165, 1.54) is 16.9 Å².